The Morgan fingerprint density at radius 1 is 1.13 bits per heavy atom. The highest BCUT2D eigenvalue weighted by atomic mass is 32.1. The van der Waals surface area contributed by atoms with Crippen molar-refractivity contribution in [2.45, 2.75) is 30.7 Å². The third-order valence-corrected chi connectivity index (χ3v) is 2.40. The minimum absolute atomic E-state index is 0.242. The molecule has 0 bridgehead atoms. The maximum absolute atomic E-state index is 9.48. The summed E-state index contributed by atoms with van der Waals surface area (Å²) >= 11 is 3.91. The molecule has 1 saturated heterocycles. The van der Waals surface area contributed by atoms with Crippen LogP contribution in [-0.2, 0) is 9.47 Å². The van der Waals surface area contributed by atoms with Gasteiger partial charge in [-0.15, -0.1) is 0 Å². The van der Waals surface area contributed by atoms with Crippen molar-refractivity contribution >= 4 is 12.6 Å². The first-order valence-corrected chi connectivity index (χ1v) is 5.28. The summed E-state index contributed by atoms with van der Waals surface area (Å²) in [6, 6.07) is 0. The Morgan fingerprint density at radius 3 is 2.33 bits per heavy atom. The maximum Gasteiger partial charge on any atom is 0.186 e. The molecule has 0 aromatic carbocycles. The Balaban J connectivity index is 2.57. The smallest absolute Gasteiger partial charge is 0.186 e. The lowest BCUT2D eigenvalue weighted by molar-refractivity contribution is -0.299. The van der Waals surface area contributed by atoms with Gasteiger partial charge >= 0.3 is 0 Å². The van der Waals surface area contributed by atoms with Gasteiger partial charge in [-0.3, -0.25) is 0 Å². The molecule has 1 aliphatic heterocycles. The van der Waals surface area contributed by atoms with Gasteiger partial charge < -0.3 is 29.9 Å². The molecule has 0 amide bonds. The second-order valence-electron chi connectivity index (χ2n) is 3.29. The summed E-state index contributed by atoms with van der Waals surface area (Å²) < 4.78 is 10.1. The van der Waals surface area contributed by atoms with E-state index in [1.807, 2.05) is 0 Å². The minimum Gasteiger partial charge on any atom is -0.394 e. The molecule has 7 heteroatoms. The Morgan fingerprint density at radius 2 is 1.80 bits per heavy atom. The number of ether oxygens (including phenoxy) is 2. The van der Waals surface area contributed by atoms with Gasteiger partial charge in [-0.25, -0.2) is 0 Å². The number of aliphatic hydroxyl groups is 4. The molecule has 0 saturated carbocycles. The van der Waals surface area contributed by atoms with Gasteiger partial charge in [0.15, 0.2) is 6.29 Å². The van der Waals surface area contributed by atoms with Gasteiger partial charge in [-0.1, -0.05) is 0 Å². The molecule has 0 aromatic rings. The van der Waals surface area contributed by atoms with E-state index >= 15 is 0 Å². The summed E-state index contributed by atoms with van der Waals surface area (Å²) in [4.78, 5) is 0. The van der Waals surface area contributed by atoms with Crippen molar-refractivity contribution in [2.24, 2.45) is 0 Å². The van der Waals surface area contributed by atoms with E-state index in [1.165, 1.54) is 0 Å². The van der Waals surface area contributed by atoms with Crippen molar-refractivity contribution in [3.8, 4) is 0 Å². The Kier molecular flexibility index (Phi) is 5.27. The number of hydrogen-bond donors (Lipinski definition) is 5. The lowest BCUT2D eigenvalue weighted by Gasteiger charge is -2.39. The van der Waals surface area contributed by atoms with E-state index in [0.29, 0.717) is 5.75 Å². The molecular formula is C8H16O6S. The van der Waals surface area contributed by atoms with Gasteiger partial charge in [0, 0.05) is 5.75 Å². The average molecular weight is 240 g/mol. The summed E-state index contributed by atoms with van der Waals surface area (Å²) in [5, 5.41) is 37.2. The van der Waals surface area contributed by atoms with E-state index < -0.39 is 37.3 Å². The van der Waals surface area contributed by atoms with Crippen LogP contribution in [0.3, 0.4) is 0 Å². The standard InChI is InChI=1S/C8H16O6S/c9-3-4-5(10)6(11)7(12)8(14-4)13-1-2-15/h4-12,15H,1-3H2/t4?,5-,6?,7-,8?/m0/s1. The topological polar surface area (TPSA) is 99.4 Å². The number of aliphatic hydroxyl groups excluding tert-OH is 4. The van der Waals surface area contributed by atoms with E-state index in [9.17, 15) is 15.3 Å². The van der Waals surface area contributed by atoms with Gasteiger partial charge in [0.1, 0.15) is 24.4 Å². The maximum atomic E-state index is 9.48. The fourth-order valence-corrected chi connectivity index (χ4v) is 1.48. The zero-order chi connectivity index (χ0) is 11.4. The van der Waals surface area contributed by atoms with E-state index in [-0.39, 0.29) is 6.61 Å². The first-order chi connectivity index (χ1) is 7.11. The van der Waals surface area contributed by atoms with Crippen LogP contribution in [0.4, 0.5) is 0 Å². The Hall–Kier alpha value is 0.110. The minimum atomic E-state index is -1.39. The molecule has 90 valence electrons. The SMILES string of the molecule is OCC1OC(OCCS)[C@@H](O)C(O)[C@H]1O. The lowest BCUT2D eigenvalue weighted by Crippen LogP contribution is -2.59. The normalized spacial score (nSPS) is 41.8. The molecule has 15 heavy (non-hydrogen) atoms. The molecule has 0 radical (unpaired) electrons. The van der Waals surface area contributed by atoms with Crippen LogP contribution in [0.25, 0.3) is 0 Å². The first-order valence-electron chi connectivity index (χ1n) is 4.64. The van der Waals surface area contributed by atoms with Crippen LogP contribution in [0.2, 0.25) is 0 Å². The van der Waals surface area contributed by atoms with Crippen LogP contribution in [-0.4, -0.2) is 70.1 Å². The van der Waals surface area contributed by atoms with E-state index in [1.54, 1.807) is 0 Å². The molecule has 0 aliphatic carbocycles. The summed E-state index contributed by atoms with van der Waals surface area (Å²) in [6.07, 6.45) is -6.04. The Labute approximate surface area is 92.8 Å². The fourth-order valence-electron chi connectivity index (χ4n) is 1.37. The number of rotatable bonds is 4. The zero-order valence-electron chi connectivity index (χ0n) is 8.06. The van der Waals surface area contributed by atoms with E-state index in [2.05, 4.69) is 12.6 Å². The van der Waals surface area contributed by atoms with Gasteiger partial charge in [-0.2, -0.15) is 12.6 Å². The third kappa shape index (κ3) is 3.04. The molecule has 0 spiro atoms. The van der Waals surface area contributed by atoms with Crippen LogP contribution < -0.4 is 0 Å². The fraction of sp³-hybridized carbons (Fsp3) is 1.00. The molecule has 1 fully saturated rings. The molecule has 3 unspecified atom stereocenters. The van der Waals surface area contributed by atoms with E-state index in [4.69, 9.17) is 14.6 Å². The van der Waals surface area contributed by atoms with Crippen molar-refractivity contribution in [3.05, 3.63) is 0 Å². The molecule has 0 aromatic heterocycles. The summed E-state index contributed by atoms with van der Waals surface area (Å²) in [6.45, 7) is -0.211. The molecule has 1 aliphatic rings. The third-order valence-electron chi connectivity index (χ3n) is 2.22. The second kappa shape index (κ2) is 6.00. The van der Waals surface area contributed by atoms with Crippen molar-refractivity contribution in [2.75, 3.05) is 19.0 Å². The number of hydrogen-bond acceptors (Lipinski definition) is 7. The van der Waals surface area contributed by atoms with Crippen molar-refractivity contribution in [3.63, 3.8) is 0 Å². The molecule has 6 nitrogen and oxygen atoms in total. The Bertz CT molecular complexity index is 190. The second-order valence-corrected chi connectivity index (χ2v) is 3.74. The molecule has 1 heterocycles. The number of thiol groups is 1. The quantitative estimate of drug-likeness (QED) is 0.355. The molecule has 1 rings (SSSR count). The highest BCUT2D eigenvalue weighted by Crippen LogP contribution is 2.21. The van der Waals surface area contributed by atoms with Crippen LogP contribution in [0.1, 0.15) is 0 Å². The monoisotopic (exact) mass is 240 g/mol. The summed E-state index contributed by atoms with van der Waals surface area (Å²) in [5.41, 5.74) is 0. The highest BCUT2D eigenvalue weighted by molar-refractivity contribution is 7.80. The molecular weight excluding hydrogens is 224 g/mol. The summed E-state index contributed by atoms with van der Waals surface area (Å²) in [5.74, 6) is 0.440. The summed E-state index contributed by atoms with van der Waals surface area (Å²) in [7, 11) is 0. The first kappa shape index (κ1) is 13.2. The van der Waals surface area contributed by atoms with Crippen molar-refractivity contribution in [1.29, 1.82) is 0 Å². The van der Waals surface area contributed by atoms with Crippen molar-refractivity contribution < 1.29 is 29.9 Å². The van der Waals surface area contributed by atoms with Gasteiger partial charge in [0.25, 0.3) is 0 Å². The lowest BCUT2D eigenvalue weighted by atomic mass is 9.99. The predicted octanol–water partition coefficient (Wildman–Crippen LogP) is -2.27. The zero-order valence-corrected chi connectivity index (χ0v) is 8.96. The van der Waals surface area contributed by atoms with Gasteiger partial charge in [-0.05, 0) is 0 Å². The van der Waals surface area contributed by atoms with Crippen LogP contribution in [0.15, 0.2) is 0 Å². The highest BCUT2D eigenvalue weighted by Gasteiger charge is 2.43. The molecule has 5 atom stereocenters. The van der Waals surface area contributed by atoms with Gasteiger partial charge in [0.05, 0.1) is 13.2 Å². The molecule has 4 N–H and O–H groups in total. The van der Waals surface area contributed by atoms with Crippen molar-refractivity contribution in [1.82, 2.24) is 0 Å². The van der Waals surface area contributed by atoms with Crippen LogP contribution >= 0.6 is 12.6 Å². The van der Waals surface area contributed by atoms with Gasteiger partial charge in [0.2, 0.25) is 0 Å². The largest absolute Gasteiger partial charge is 0.394 e. The van der Waals surface area contributed by atoms with Crippen LogP contribution in [0.5, 0.6) is 0 Å². The predicted molar refractivity (Wildman–Crippen MR) is 53.6 cm³/mol. The van der Waals surface area contributed by atoms with E-state index in [0.717, 1.165) is 0 Å². The average Bonchev–Trinajstić information content (AvgIpc) is 2.25. The van der Waals surface area contributed by atoms with Crippen LogP contribution in [0, 0.1) is 0 Å².